The monoisotopic (exact) mass is 335 g/mol. The molecule has 1 aliphatic rings. The summed E-state index contributed by atoms with van der Waals surface area (Å²) >= 11 is 0. The molecule has 2 aromatic carbocycles. The Morgan fingerprint density at radius 3 is 2.84 bits per heavy atom. The molecule has 1 aromatic heterocycles. The lowest BCUT2D eigenvalue weighted by molar-refractivity contribution is 0.0701. The lowest BCUT2D eigenvalue weighted by Gasteiger charge is -2.32. The van der Waals surface area contributed by atoms with Crippen molar-refractivity contribution >= 4 is 16.9 Å². The lowest BCUT2D eigenvalue weighted by Crippen LogP contribution is -2.39. The largest absolute Gasteiger partial charge is 0.496 e. The van der Waals surface area contributed by atoms with Crippen molar-refractivity contribution in [2.45, 2.75) is 18.8 Å². The molecule has 1 fully saturated rings. The Balaban J connectivity index is 1.57. The van der Waals surface area contributed by atoms with Crippen LogP contribution in [0.3, 0.4) is 0 Å². The molecule has 0 radical (unpaired) electrons. The number of methoxy groups -OCH3 is 1. The molecule has 1 saturated heterocycles. The number of carbonyl (C=O) groups is 1. The van der Waals surface area contributed by atoms with Crippen LogP contribution in [0.2, 0.25) is 0 Å². The molecular formula is C20H21N3O2. The molecule has 0 aliphatic carbocycles. The Labute approximate surface area is 146 Å². The second-order valence-electron chi connectivity index (χ2n) is 6.43. The summed E-state index contributed by atoms with van der Waals surface area (Å²) in [4.78, 5) is 23.0. The minimum absolute atomic E-state index is 0.0262. The van der Waals surface area contributed by atoms with Gasteiger partial charge < -0.3 is 14.6 Å². The molecule has 1 amide bonds. The zero-order valence-corrected chi connectivity index (χ0v) is 14.2. The standard InChI is InChI=1S/C20H21N3O2/c1-25-18-11-5-2-8-15(18)20(24)23-12-6-7-14(13-23)19-21-16-9-3-4-10-17(16)22-19/h2-5,8-11,14H,6-7,12-13H2,1H3,(H,21,22). The highest BCUT2D eigenvalue weighted by atomic mass is 16.5. The fraction of sp³-hybridized carbons (Fsp3) is 0.300. The second-order valence-corrected chi connectivity index (χ2v) is 6.43. The van der Waals surface area contributed by atoms with Gasteiger partial charge in [-0.2, -0.15) is 0 Å². The predicted octanol–water partition coefficient (Wildman–Crippen LogP) is 3.59. The molecule has 1 unspecified atom stereocenters. The molecule has 3 aromatic rings. The van der Waals surface area contributed by atoms with Crippen molar-refractivity contribution in [3.05, 3.63) is 59.9 Å². The van der Waals surface area contributed by atoms with E-state index in [1.807, 2.05) is 53.4 Å². The maximum atomic E-state index is 12.9. The van der Waals surface area contributed by atoms with Crippen molar-refractivity contribution in [1.82, 2.24) is 14.9 Å². The van der Waals surface area contributed by atoms with Crippen LogP contribution in [0.25, 0.3) is 11.0 Å². The summed E-state index contributed by atoms with van der Waals surface area (Å²) in [6.45, 7) is 1.45. The Kier molecular flexibility index (Phi) is 4.14. The maximum Gasteiger partial charge on any atom is 0.257 e. The van der Waals surface area contributed by atoms with E-state index >= 15 is 0 Å². The number of H-pyrrole nitrogens is 1. The number of nitrogens with one attached hydrogen (secondary N) is 1. The fourth-order valence-electron chi connectivity index (χ4n) is 3.54. The number of nitrogens with zero attached hydrogens (tertiary/aromatic N) is 2. The van der Waals surface area contributed by atoms with E-state index in [-0.39, 0.29) is 11.8 Å². The summed E-state index contributed by atoms with van der Waals surface area (Å²) < 4.78 is 5.34. The van der Waals surface area contributed by atoms with Gasteiger partial charge in [-0.1, -0.05) is 24.3 Å². The quantitative estimate of drug-likeness (QED) is 0.796. The number of ether oxygens (including phenoxy) is 1. The molecule has 2 heterocycles. The molecule has 0 bridgehead atoms. The molecule has 5 heteroatoms. The Morgan fingerprint density at radius 2 is 2.00 bits per heavy atom. The number of benzene rings is 2. The second kappa shape index (κ2) is 6.59. The van der Waals surface area contributed by atoms with Gasteiger partial charge in [0.1, 0.15) is 11.6 Å². The number of piperidine rings is 1. The molecule has 1 aliphatic heterocycles. The number of carbonyl (C=O) groups excluding carboxylic acids is 1. The van der Waals surface area contributed by atoms with E-state index in [9.17, 15) is 4.79 Å². The number of aromatic amines is 1. The smallest absolute Gasteiger partial charge is 0.257 e. The number of fused-ring (bicyclic) bond motifs is 1. The topological polar surface area (TPSA) is 58.2 Å². The van der Waals surface area contributed by atoms with Gasteiger partial charge in [-0.25, -0.2) is 4.98 Å². The van der Waals surface area contributed by atoms with Gasteiger partial charge in [0.15, 0.2) is 0 Å². The third-order valence-electron chi connectivity index (χ3n) is 4.84. The zero-order valence-electron chi connectivity index (χ0n) is 14.2. The molecule has 4 rings (SSSR count). The summed E-state index contributed by atoms with van der Waals surface area (Å²) in [7, 11) is 1.60. The predicted molar refractivity (Wildman–Crippen MR) is 97.0 cm³/mol. The van der Waals surface area contributed by atoms with E-state index in [4.69, 9.17) is 9.72 Å². The van der Waals surface area contributed by atoms with Crippen LogP contribution in [0.15, 0.2) is 48.5 Å². The highest BCUT2D eigenvalue weighted by Gasteiger charge is 2.28. The lowest BCUT2D eigenvalue weighted by atomic mass is 9.96. The van der Waals surface area contributed by atoms with Crippen LogP contribution in [-0.4, -0.2) is 41.0 Å². The summed E-state index contributed by atoms with van der Waals surface area (Å²) in [6.07, 6.45) is 2.01. The van der Waals surface area contributed by atoms with Crippen LogP contribution in [0, 0.1) is 0 Å². The minimum atomic E-state index is 0.0262. The Morgan fingerprint density at radius 1 is 1.20 bits per heavy atom. The fourth-order valence-corrected chi connectivity index (χ4v) is 3.54. The summed E-state index contributed by atoms with van der Waals surface area (Å²) in [5, 5.41) is 0. The zero-order chi connectivity index (χ0) is 17.2. The summed E-state index contributed by atoms with van der Waals surface area (Å²) in [6, 6.07) is 15.4. The average molecular weight is 335 g/mol. The molecule has 1 atom stereocenters. The average Bonchev–Trinajstić information content (AvgIpc) is 3.12. The number of likely N-dealkylation sites (tertiary alicyclic amines) is 1. The van der Waals surface area contributed by atoms with Gasteiger partial charge in [0, 0.05) is 19.0 Å². The van der Waals surface area contributed by atoms with E-state index in [1.165, 1.54) is 0 Å². The summed E-state index contributed by atoms with van der Waals surface area (Å²) in [5.74, 6) is 1.86. The third-order valence-corrected chi connectivity index (χ3v) is 4.84. The van der Waals surface area contributed by atoms with Crippen LogP contribution >= 0.6 is 0 Å². The van der Waals surface area contributed by atoms with Crippen LogP contribution in [0.4, 0.5) is 0 Å². The van der Waals surface area contributed by atoms with Crippen molar-refractivity contribution in [2.24, 2.45) is 0 Å². The molecule has 0 saturated carbocycles. The van der Waals surface area contributed by atoms with Crippen molar-refractivity contribution in [1.29, 1.82) is 0 Å². The van der Waals surface area contributed by atoms with E-state index < -0.39 is 0 Å². The van der Waals surface area contributed by atoms with Crippen molar-refractivity contribution in [3.8, 4) is 5.75 Å². The number of para-hydroxylation sites is 3. The number of imidazole rings is 1. The molecule has 5 nitrogen and oxygen atoms in total. The number of aromatic nitrogens is 2. The van der Waals surface area contributed by atoms with E-state index in [0.717, 1.165) is 36.2 Å². The number of rotatable bonds is 3. The molecular weight excluding hydrogens is 314 g/mol. The number of hydrogen-bond acceptors (Lipinski definition) is 3. The minimum Gasteiger partial charge on any atom is -0.496 e. The molecule has 25 heavy (non-hydrogen) atoms. The van der Waals surface area contributed by atoms with Crippen molar-refractivity contribution in [2.75, 3.05) is 20.2 Å². The molecule has 128 valence electrons. The van der Waals surface area contributed by atoms with Crippen molar-refractivity contribution in [3.63, 3.8) is 0 Å². The third kappa shape index (κ3) is 2.97. The van der Waals surface area contributed by atoms with Gasteiger partial charge >= 0.3 is 0 Å². The van der Waals surface area contributed by atoms with Gasteiger partial charge in [0.2, 0.25) is 0 Å². The first-order chi connectivity index (χ1) is 12.3. The van der Waals surface area contributed by atoms with Gasteiger partial charge in [0.05, 0.1) is 23.7 Å². The SMILES string of the molecule is COc1ccccc1C(=O)N1CCCC(c2nc3ccccc3[nH]2)C1. The van der Waals surface area contributed by atoms with E-state index in [2.05, 4.69) is 4.98 Å². The summed E-state index contributed by atoms with van der Waals surface area (Å²) in [5.41, 5.74) is 2.65. The highest BCUT2D eigenvalue weighted by molar-refractivity contribution is 5.97. The van der Waals surface area contributed by atoms with Gasteiger partial charge in [-0.15, -0.1) is 0 Å². The highest BCUT2D eigenvalue weighted by Crippen LogP contribution is 2.29. The first kappa shape index (κ1) is 15.7. The normalized spacial score (nSPS) is 17.6. The van der Waals surface area contributed by atoms with Crippen LogP contribution in [0.5, 0.6) is 5.75 Å². The van der Waals surface area contributed by atoms with Crippen LogP contribution in [0.1, 0.15) is 34.9 Å². The molecule has 1 N–H and O–H groups in total. The Hall–Kier alpha value is -2.82. The van der Waals surface area contributed by atoms with E-state index in [1.54, 1.807) is 7.11 Å². The first-order valence-corrected chi connectivity index (χ1v) is 8.63. The maximum absolute atomic E-state index is 12.9. The molecule has 0 spiro atoms. The van der Waals surface area contributed by atoms with Gasteiger partial charge in [-0.05, 0) is 37.1 Å². The first-order valence-electron chi connectivity index (χ1n) is 8.63. The van der Waals surface area contributed by atoms with E-state index in [0.29, 0.717) is 17.9 Å². The van der Waals surface area contributed by atoms with Crippen LogP contribution < -0.4 is 4.74 Å². The van der Waals surface area contributed by atoms with Crippen LogP contribution in [-0.2, 0) is 0 Å². The van der Waals surface area contributed by atoms with Crippen molar-refractivity contribution < 1.29 is 9.53 Å². The number of hydrogen-bond donors (Lipinski definition) is 1. The number of amides is 1. The Bertz CT molecular complexity index is 870. The van der Waals surface area contributed by atoms with Gasteiger partial charge in [0.25, 0.3) is 5.91 Å². The van der Waals surface area contributed by atoms with Gasteiger partial charge in [-0.3, -0.25) is 4.79 Å².